The number of halogens is 1. The van der Waals surface area contributed by atoms with Crippen LogP contribution >= 0.6 is 23.4 Å². The highest BCUT2D eigenvalue weighted by molar-refractivity contribution is 8.18. The Labute approximate surface area is 173 Å². The molecule has 0 bridgehead atoms. The molecule has 2 heterocycles. The Hall–Kier alpha value is -2.28. The van der Waals surface area contributed by atoms with Crippen LogP contribution in [0.1, 0.15) is 17.2 Å². The van der Waals surface area contributed by atoms with Gasteiger partial charge in [-0.15, -0.1) is 0 Å². The van der Waals surface area contributed by atoms with Crippen LogP contribution in [-0.4, -0.2) is 47.1 Å². The first kappa shape index (κ1) is 19.1. The van der Waals surface area contributed by atoms with Gasteiger partial charge in [0.2, 0.25) is 0 Å². The predicted octanol–water partition coefficient (Wildman–Crippen LogP) is 3.87. The maximum Gasteiger partial charge on any atom is 0.290 e. The van der Waals surface area contributed by atoms with Gasteiger partial charge in [0.05, 0.1) is 10.9 Å². The van der Waals surface area contributed by atoms with Gasteiger partial charge in [-0.25, -0.2) is 0 Å². The molecule has 0 aromatic heterocycles. The topological polar surface area (TPSA) is 52.7 Å². The van der Waals surface area contributed by atoms with Crippen LogP contribution in [0.5, 0.6) is 0 Å². The summed E-state index contributed by atoms with van der Waals surface area (Å²) in [6.07, 6.45) is 1.81. The number of amides is 2. The highest BCUT2D eigenvalue weighted by Gasteiger charge is 2.29. The molecule has 2 amide bonds. The molecular formula is C21H20ClN3O2S. The first-order valence-corrected chi connectivity index (χ1v) is 10.3. The third kappa shape index (κ3) is 4.24. The fourth-order valence-electron chi connectivity index (χ4n) is 3.60. The minimum atomic E-state index is -0.305. The summed E-state index contributed by atoms with van der Waals surface area (Å²) in [7, 11) is 0. The fourth-order valence-corrected chi connectivity index (χ4v) is 4.41. The average molecular weight is 414 g/mol. The van der Waals surface area contributed by atoms with E-state index in [-0.39, 0.29) is 17.2 Å². The number of nitrogens with zero attached hydrogens (tertiary/aromatic N) is 2. The molecule has 1 unspecified atom stereocenters. The molecule has 0 saturated carbocycles. The van der Waals surface area contributed by atoms with Crippen molar-refractivity contribution in [2.75, 3.05) is 26.2 Å². The van der Waals surface area contributed by atoms with Crippen LogP contribution in [0.15, 0.2) is 65.7 Å². The quantitative estimate of drug-likeness (QED) is 0.771. The zero-order valence-corrected chi connectivity index (χ0v) is 16.7. The van der Waals surface area contributed by atoms with E-state index >= 15 is 0 Å². The first-order valence-electron chi connectivity index (χ1n) is 9.13. The Bertz CT molecular complexity index is 894. The zero-order chi connectivity index (χ0) is 19.5. The summed E-state index contributed by atoms with van der Waals surface area (Å²) in [6.45, 7) is 3.29. The Kier molecular flexibility index (Phi) is 5.71. The van der Waals surface area contributed by atoms with Crippen molar-refractivity contribution in [3.8, 4) is 0 Å². The third-order valence-corrected chi connectivity index (χ3v) is 6.01. The van der Waals surface area contributed by atoms with Crippen LogP contribution in [0.25, 0.3) is 0 Å². The van der Waals surface area contributed by atoms with Crippen LogP contribution in [0, 0.1) is 0 Å². The van der Waals surface area contributed by atoms with Crippen LogP contribution in [-0.2, 0) is 4.79 Å². The molecule has 5 nitrogen and oxygen atoms in total. The lowest BCUT2D eigenvalue weighted by atomic mass is 9.96. The standard InChI is InChI=1S/C21H20ClN3O2S/c22-17-8-6-16(7-9-17)19(15-4-2-1-3-5-15)25-12-10-24(11-13-25)14-18-20(26)23-21(27)28-18/h1-9,14,19H,10-13H2,(H,23,26,27)/b18-14-. The second kappa shape index (κ2) is 8.39. The van der Waals surface area contributed by atoms with E-state index in [4.69, 9.17) is 11.6 Å². The Morgan fingerprint density at radius 1 is 0.929 bits per heavy atom. The summed E-state index contributed by atoms with van der Waals surface area (Å²) in [5.74, 6) is -0.305. The highest BCUT2D eigenvalue weighted by Crippen LogP contribution is 2.31. The smallest absolute Gasteiger partial charge is 0.290 e. The van der Waals surface area contributed by atoms with E-state index in [9.17, 15) is 9.59 Å². The largest absolute Gasteiger partial charge is 0.374 e. The minimum Gasteiger partial charge on any atom is -0.374 e. The van der Waals surface area contributed by atoms with Gasteiger partial charge >= 0.3 is 0 Å². The van der Waals surface area contributed by atoms with Gasteiger partial charge in [-0.05, 0) is 35.0 Å². The normalized spacial score (nSPS) is 20.5. The lowest BCUT2D eigenvalue weighted by molar-refractivity contribution is -0.115. The van der Waals surface area contributed by atoms with E-state index in [1.54, 1.807) is 0 Å². The summed E-state index contributed by atoms with van der Waals surface area (Å²) < 4.78 is 0. The number of carbonyl (C=O) groups excluding carboxylic acids is 2. The van der Waals surface area contributed by atoms with Gasteiger partial charge in [-0.2, -0.15) is 0 Å². The summed E-state index contributed by atoms with van der Waals surface area (Å²) in [5.41, 5.74) is 2.45. The van der Waals surface area contributed by atoms with E-state index in [1.165, 1.54) is 11.1 Å². The van der Waals surface area contributed by atoms with Gasteiger partial charge in [0.15, 0.2) is 0 Å². The Morgan fingerprint density at radius 2 is 1.57 bits per heavy atom. The maximum atomic E-state index is 11.8. The third-order valence-electron chi connectivity index (χ3n) is 4.96. The molecule has 2 aromatic rings. The number of nitrogens with one attached hydrogen (secondary N) is 1. The van der Waals surface area contributed by atoms with Crippen molar-refractivity contribution in [1.82, 2.24) is 15.1 Å². The van der Waals surface area contributed by atoms with Crippen molar-refractivity contribution >= 4 is 34.5 Å². The maximum absolute atomic E-state index is 11.8. The number of piperazine rings is 1. The van der Waals surface area contributed by atoms with Gasteiger partial charge in [0, 0.05) is 37.4 Å². The van der Waals surface area contributed by atoms with Crippen LogP contribution in [0.2, 0.25) is 5.02 Å². The van der Waals surface area contributed by atoms with Gasteiger partial charge in [-0.1, -0.05) is 54.1 Å². The van der Waals surface area contributed by atoms with E-state index in [0.29, 0.717) is 4.91 Å². The number of hydrogen-bond acceptors (Lipinski definition) is 5. The molecule has 0 radical (unpaired) electrons. The molecule has 2 saturated heterocycles. The van der Waals surface area contributed by atoms with Gasteiger partial charge in [-0.3, -0.25) is 19.8 Å². The first-order chi connectivity index (χ1) is 13.6. The minimum absolute atomic E-state index is 0.152. The molecule has 7 heteroatoms. The number of hydrogen-bond donors (Lipinski definition) is 1. The lowest BCUT2D eigenvalue weighted by Gasteiger charge is -2.39. The predicted molar refractivity (Wildman–Crippen MR) is 112 cm³/mol. The SMILES string of the molecule is O=C1NC(=O)/C(=C/N2CCN(C(c3ccccc3)c3ccc(Cl)cc3)CC2)S1. The Balaban J connectivity index is 1.51. The van der Waals surface area contributed by atoms with Crippen molar-refractivity contribution in [2.24, 2.45) is 0 Å². The Morgan fingerprint density at radius 3 is 2.18 bits per heavy atom. The molecular weight excluding hydrogens is 394 g/mol. The molecule has 2 aliphatic heterocycles. The summed E-state index contributed by atoms with van der Waals surface area (Å²) >= 11 is 7.05. The molecule has 1 N–H and O–H groups in total. The zero-order valence-electron chi connectivity index (χ0n) is 15.2. The second-order valence-corrected chi connectivity index (χ2v) is 8.22. The monoisotopic (exact) mass is 413 g/mol. The van der Waals surface area contributed by atoms with Crippen molar-refractivity contribution in [1.29, 1.82) is 0 Å². The molecule has 0 spiro atoms. The molecule has 1 atom stereocenters. The number of carbonyl (C=O) groups is 2. The van der Waals surface area contributed by atoms with Crippen molar-refractivity contribution in [2.45, 2.75) is 6.04 Å². The summed E-state index contributed by atoms with van der Waals surface area (Å²) in [4.78, 5) is 28.1. The van der Waals surface area contributed by atoms with E-state index in [0.717, 1.165) is 43.0 Å². The number of thioether (sulfide) groups is 1. The van der Waals surface area contributed by atoms with Gasteiger partial charge < -0.3 is 4.90 Å². The average Bonchev–Trinajstić information content (AvgIpc) is 3.02. The molecule has 2 fully saturated rings. The highest BCUT2D eigenvalue weighted by atomic mass is 35.5. The van der Waals surface area contributed by atoms with Gasteiger partial charge in [0.25, 0.3) is 11.1 Å². The van der Waals surface area contributed by atoms with Crippen LogP contribution in [0.3, 0.4) is 0 Å². The lowest BCUT2D eigenvalue weighted by Crippen LogP contribution is -2.46. The molecule has 0 aliphatic carbocycles. The summed E-state index contributed by atoms with van der Waals surface area (Å²) in [5, 5.41) is 2.73. The van der Waals surface area contributed by atoms with E-state index in [2.05, 4.69) is 51.5 Å². The number of rotatable bonds is 4. The second-order valence-electron chi connectivity index (χ2n) is 6.77. The van der Waals surface area contributed by atoms with Crippen molar-refractivity contribution < 1.29 is 9.59 Å². The molecule has 28 heavy (non-hydrogen) atoms. The van der Waals surface area contributed by atoms with E-state index < -0.39 is 0 Å². The number of imide groups is 1. The molecule has 144 valence electrons. The summed E-state index contributed by atoms with van der Waals surface area (Å²) in [6, 6.07) is 18.6. The molecule has 2 aliphatic rings. The molecule has 2 aromatic carbocycles. The van der Waals surface area contributed by atoms with Crippen molar-refractivity contribution in [3.05, 3.63) is 81.9 Å². The molecule has 4 rings (SSSR count). The van der Waals surface area contributed by atoms with Crippen molar-refractivity contribution in [3.63, 3.8) is 0 Å². The fraction of sp³-hybridized carbons (Fsp3) is 0.238. The van der Waals surface area contributed by atoms with Crippen LogP contribution < -0.4 is 5.32 Å². The van der Waals surface area contributed by atoms with Gasteiger partial charge in [0.1, 0.15) is 0 Å². The number of benzene rings is 2. The van der Waals surface area contributed by atoms with E-state index in [1.807, 2.05) is 24.4 Å². The van der Waals surface area contributed by atoms with Crippen LogP contribution in [0.4, 0.5) is 4.79 Å².